The monoisotopic (exact) mass is 228 g/mol. The van der Waals surface area contributed by atoms with Gasteiger partial charge in [0, 0.05) is 14.1 Å². The molecule has 6 heteroatoms. The van der Waals surface area contributed by atoms with Crippen LogP contribution in [0.1, 0.15) is 12.8 Å². The van der Waals surface area contributed by atoms with Crippen LogP contribution in [0.15, 0.2) is 0 Å². The fourth-order valence-corrected chi connectivity index (χ4v) is 1.21. The smallest absolute Gasteiger partial charge is 0.322 e. The highest BCUT2D eigenvalue weighted by Gasteiger charge is 2.22. The van der Waals surface area contributed by atoms with Crippen LogP contribution < -0.4 is 9.64 Å². The van der Waals surface area contributed by atoms with Gasteiger partial charge in [0.1, 0.15) is 0 Å². The quantitative estimate of drug-likeness (QED) is 0.779. The minimum atomic E-state index is 0.166. The molecule has 0 unspecified atom stereocenters. The van der Waals surface area contributed by atoms with Gasteiger partial charge < -0.3 is 9.64 Å². The molecule has 1 saturated carbocycles. The molecule has 2 rings (SSSR count). The third kappa shape index (κ3) is 2.92. The molecule has 0 aromatic carbocycles. The molecule has 1 aliphatic rings. The van der Waals surface area contributed by atoms with Crippen LogP contribution >= 0.6 is 11.6 Å². The Morgan fingerprint density at radius 2 is 2.07 bits per heavy atom. The van der Waals surface area contributed by atoms with Crippen LogP contribution in [0.25, 0.3) is 0 Å². The van der Waals surface area contributed by atoms with E-state index in [-0.39, 0.29) is 5.28 Å². The number of ether oxygens (including phenoxy) is 1. The highest BCUT2D eigenvalue weighted by Crippen LogP contribution is 2.29. The zero-order valence-electron chi connectivity index (χ0n) is 8.77. The van der Waals surface area contributed by atoms with Gasteiger partial charge >= 0.3 is 6.01 Å². The van der Waals surface area contributed by atoms with E-state index >= 15 is 0 Å². The van der Waals surface area contributed by atoms with Gasteiger partial charge in [-0.2, -0.15) is 15.0 Å². The number of nitrogens with zero attached hydrogens (tertiary/aromatic N) is 4. The second kappa shape index (κ2) is 4.18. The molecule has 1 aromatic rings. The van der Waals surface area contributed by atoms with Gasteiger partial charge in [-0.1, -0.05) is 0 Å². The topological polar surface area (TPSA) is 51.1 Å². The molecule has 0 bridgehead atoms. The first-order valence-corrected chi connectivity index (χ1v) is 5.24. The molecule has 1 fully saturated rings. The predicted octanol–water partition coefficient (Wildman–Crippen LogP) is 1.38. The van der Waals surface area contributed by atoms with Crippen molar-refractivity contribution in [1.82, 2.24) is 15.0 Å². The molecular weight excluding hydrogens is 216 g/mol. The summed E-state index contributed by atoms with van der Waals surface area (Å²) < 4.78 is 5.43. The average molecular weight is 229 g/mol. The van der Waals surface area contributed by atoms with Crippen molar-refractivity contribution in [3.05, 3.63) is 5.28 Å². The minimum Gasteiger partial charge on any atom is -0.463 e. The highest BCUT2D eigenvalue weighted by atomic mass is 35.5. The molecule has 1 heterocycles. The van der Waals surface area contributed by atoms with Gasteiger partial charge in [0.2, 0.25) is 11.2 Å². The number of hydrogen-bond donors (Lipinski definition) is 0. The number of rotatable bonds is 4. The van der Waals surface area contributed by atoms with Crippen molar-refractivity contribution in [1.29, 1.82) is 0 Å². The van der Waals surface area contributed by atoms with E-state index in [1.165, 1.54) is 12.8 Å². The molecule has 5 nitrogen and oxygen atoms in total. The first-order valence-electron chi connectivity index (χ1n) is 4.87. The third-order valence-electron chi connectivity index (χ3n) is 2.12. The van der Waals surface area contributed by atoms with Crippen LogP contribution in [0, 0.1) is 5.92 Å². The SMILES string of the molecule is CN(C)c1nc(Cl)nc(OCC2CC2)n1. The van der Waals surface area contributed by atoms with Crippen LogP contribution in [0.3, 0.4) is 0 Å². The lowest BCUT2D eigenvalue weighted by molar-refractivity contribution is 0.275. The molecule has 0 atom stereocenters. The van der Waals surface area contributed by atoms with Crippen LogP contribution in [0.5, 0.6) is 6.01 Å². The lowest BCUT2D eigenvalue weighted by Gasteiger charge is -2.11. The lowest BCUT2D eigenvalue weighted by atomic mass is 10.5. The van der Waals surface area contributed by atoms with Crippen molar-refractivity contribution in [3.63, 3.8) is 0 Å². The summed E-state index contributed by atoms with van der Waals surface area (Å²) in [6, 6.07) is 0.311. The van der Waals surface area contributed by atoms with E-state index in [2.05, 4.69) is 15.0 Å². The molecule has 0 radical (unpaired) electrons. The summed E-state index contributed by atoms with van der Waals surface area (Å²) in [5, 5.41) is 0.166. The van der Waals surface area contributed by atoms with Gasteiger partial charge in [0.05, 0.1) is 6.61 Å². The Balaban J connectivity index is 2.07. The second-order valence-corrected chi connectivity index (χ2v) is 4.17. The first-order chi connectivity index (χ1) is 7.15. The van der Waals surface area contributed by atoms with Crippen molar-refractivity contribution < 1.29 is 4.74 Å². The van der Waals surface area contributed by atoms with E-state index in [4.69, 9.17) is 16.3 Å². The van der Waals surface area contributed by atoms with Crippen molar-refractivity contribution in [2.75, 3.05) is 25.6 Å². The Morgan fingerprint density at radius 3 is 2.67 bits per heavy atom. The molecule has 0 aliphatic heterocycles. The summed E-state index contributed by atoms with van der Waals surface area (Å²) >= 11 is 5.76. The number of aromatic nitrogens is 3. The highest BCUT2D eigenvalue weighted by molar-refractivity contribution is 6.28. The summed E-state index contributed by atoms with van der Waals surface area (Å²) in [6.07, 6.45) is 2.47. The fourth-order valence-electron chi connectivity index (χ4n) is 1.06. The third-order valence-corrected chi connectivity index (χ3v) is 2.29. The number of anilines is 1. The normalized spacial score (nSPS) is 15.1. The summed E-state index contributed by atoms with van der Waals surface area (Å²) in [6.45, 7) is 0.674. The number of halogens is 1. The van der Waals surface area contributed by atoms with E-state index in [0.717, 1.165) is 0 Å². The second-order valence-electron chi connectivity index (χ2n) is 3.84. The molecular formula is C9H13ClN4O. The van der Waals surface area contributed by atoms with E-state index in [1.54, 1.807) is 4.90 Å². The maximum atomic E-state index is 5.76. The van der Waals surface area contributed by atoms with Crippen LogP contribution in [-0.4, -0.2) is 35.7 Å². The Bertz CT molecular complexity index is 354. The Morgan fingerprint density at radius 1 is 1.33 bits per heavy atom. The Hall–Kier alpha value is -1.10. The largest absolute Gasteiger partial charge is 0.463 e. The molecule has 0 saturated heterocycles. The van der Waals surface area contributed by atoms with Gasteiger partial charge in [-0.05, 0) is 30.4 Å². The molecule has 0 spiro atoms. The van der Waals surface area contributed by atoms with Crippen molar-refractivity contribution in [2.45, 2.75) is 12.8 Å². The molecule has 1 aliphatic carbocycles. The summed E-state index contributed by atoms with van der Waals surface area (Å²) in [5.74, 6) is 1.18. The molecule has 0 N–H and O–H groups in total. The zero-order valence-corrected chi connectivity index (χ0v) is 9.53. The van der Waals surface area contributed by atoms with Crippen molar-refractivity contribution >= 4 is 17.5 Å². The van der Waals surface area contributed by atoms with E-state index < -0.39 is 0 Å². The number of hydrogen-bond acceptors (Lipinski definition) is 5. The first kappa shape index (κ1) is 10.4. The predicted molar refractivity (Wildman–Crippen MR) is 57.4 cm³/mol. The van der Waals surface area contributed by atoms with E-state index in [9.17, 15) is 0 Å². The molecule has 0 amide bonds. The standard InChI is InChI=1S/C9H13ClN4O/c1-14(2)8-11-7(10)12-9(13-8)15-5-6-3-4-6/h6H,3-5H2,1-2H3. The summed E-state index contributed by atoms with van der Waals surface area (Å²) in [5.41, 5.74) is 0. The molecule has 82 valence electrons. The maximum absolute atomic E-state index is 5.76. The molecule has 1 aromatic heterocycles. The van der Waals surface area contributed by atoms with Gasteiger partial charge in [-0.3, -0.25) is 0 Å². The lowest BCUT2D eigenvalue weighted by Crippen LogP contribution is -2.14. The van der Waals surface area contributed by atoms with Crippen LogP contribution in [0.4, 0.5) is 5.95 Å². The maximum Gasteiger partial charge on any atom is 0.322 e. The van der Waals surface area contributed by atoms with E-state index in [0.29, 0.717) is 24.5 Å². The minimum absolute atomic E-state index is 0.166. The van der Waals surface area contributed by atoms with E-state index in [1.807, 2.05) is 14.1 Å². The Labute approximate surface area is 93.5 Å². The van der Waals surface area contributed by atoms with Gasteiger partial charge in [-0.15, -0.1) is 0 Å². The average Bonchev–Trinajstić information content (AvgIpc) is 2.97. The Kier molecular flexibility index (Phi) is 2.90. The van der Waals surface area contributed by atoms with Crippen LogP contribution in [0.2, 0.25) is 5.28 Å². The van der Waals surface area contributed by atoms with Gasteiger partial charge in [0.15, 0.2) is 0 Å². The van der Waals surface area contributed by atoms with Crippen molar-refractivity contribution in [3.8, 4) is 6.01 Å². The van der Waals surface area contributed by atoms with Gasteiger partial charge in [0.25, 0.3) is 0 Å². The fraction of sp³-hybridized carbons (Fsp3) is 0.667. The molecule has 15 heavy (non-hydrogen) atoms. The summed E-state index contributed by atoms with van der Waals surface area (Å²) in [4.78, 5) is 13.8. The van der Waals surface area contributed by atoms with Gasteiger partial charge in [-0.25, -0.2) is 0 Å². The summed E-state index contributed by atoms with van der Waals surface area (Å²) in [7, 11) is 3.69. The van der Waals surface area contributed by atoms with Crippen molar-refractivity contribution in [2.24, 2.45) is 5.92 Å². The van der Waals surface area contributed by atoms with Crippen LogP contribution in [-0.2, 0) is 0 Å². The zero-order chi connectivity index (χ0) is 10.8.